The van der Waals surface area contributed by atoms with Crippen LogP contribution in [0.4, 0.5) is 0 Å². The van der Waals surface area contributed by atoms with E-state index in [1.807, 2.05) is 0 Å². The highest BCUT2D eigenvalue weighted by molar-refractivity contribution is 4.79. The number of nitrogens with zero attached hydrogens (tertiary/aromatic N) is 1. The third-order valence-electron chi connectivity index (χ3n) is 1.98. The van der Waals surface area contributed by atoms with E-state index in [0.29, 0.717) is 0 Å². The maximum absolute atomic E-state index is 9.26. The highest BCUT2D eigenvalue weighted by Crippen LogP contribution is 2.07. The van der Waals surface area contributed by atoms with Gasteiger partial charge < -0.3 is 10.8 Å². The smallest absolute Gasteiger partial charge is 0.0682 e. The molecule has 1 aliphatic heterocycles. The van der Waals surface area contributed by atoms with Gasteiger partial charge in [-0.3, -0.25) is 4.90 Å². The molecule has 3 N–H and O–H groups in total. The Labute approximate surface area is 61.8 Å². The Morgan fingerprint density at radius 3 is 2.80 bits per heavy atom. The van der Waals surface area contributed by atoms with Gasteiger partial charge in [-0.15, -0.1) is 0 Å². The summed E-state index contributed by atoms with van der Waals surface area (Å²) in [7, 11) is 0. The predicted octanol–water partition coefficient (Wildman–Crippen LogP) is -0.600. The topological polar surface area (TPSA) is 49.5 Å². The molecular formula is C7H16N2O. The van der Waals surface area contributed by atoms with Crippen LogP contribution in [0.15, 0.2) is 0 Å². The van der Waals surface area contributed by atoms with Gasteiger partial charge in [-0.1, -0.05) is 6.92 Å². The van der Waals surface area contributed by atoms with Crippen LogP contribution in [0.5, 0.6) is 0 Å². The first-order valence-electron chi connectivity index (χ1n) is 3.88. The minimum absolute atomic E-state index is 0.170. The number of piperidine rings is 1. The molecule has 0 spiro atoms. The second-order valence-electron chi connectivity index (χ2n) is 3.00. The van der Waals surface area contributed by atoms with Gasteiger partial charge in [0.1, 0.15) is 0 Å². The van der Waals surface area contributed by atoms with Crippen molar-refractivity contribution in [2.45, 2.75) is 25.5 Å². The quantitative estimate of drug-likeness (QED) is 0.516. The van der Waals surface area contributed by atoms with Gasteiger partial charge in [0.25, 0.3) is 0 Å². The van der Waals surface area contributed by atoms with Gasteiger partial charge in [-0.25, -0.2) is 0 Å². The summed E-state index contributed by atoms with van der Waals surface area (Å²) in [5.41, 5.74) is 5.69. The monoisotopic (exact) mass is 144 g/mol. The van der Waals surface area contributed by atoms with E-state index in [9.17, 15) is 5.11 Å². The van der Waals surface area contributed by atoms with E-state index in [4.69, 9.17) is 5.73 Å². The number of rotatable bonds is 1. The van der Waals surface area contributed by atoms with Crippen molar-refractivity contribution in [2.75, 3.05) is 19.6 Å². The first-order chi connectivity index (χ1) is 4.72. The molecule has 0 amide bonds. The first kappa shape index (κ1) is 7.98. The molecule has 1 heterocycles. The molecule has 3 nitrogen and oxygen atoms in total. The summed E-state index contributed by atoms with van der Waals surface area (Å²) in [5.74, 6) is 0. The third-order valence-corrected chi connectivity index (χ3v) is 1.98. The molecule has 10 heavy (non-hydrogen) atoms. The molecule has 1 saturated heterocycles. The van der Waals surface area contributed by atoms with Crippen molar-refractivity contribution in [2.24, 2.45) is 5.73 Å². The average molecular weight is 144 g/mol. The van der Waals surface area contributed by atoms with Crippen molar-refractivity contribution >= 4 is 0 Å². The highest BCUT2D eigenvalue weighted by Gasteiger charge is 2.21. The van der Waals surface area contributed by atoms with Gasteiger partial charge in [0.05, 0.1) is 6.10 Å². The summed E-state index contributed by atoms with van der Waals surface area (Å²) in [4.78, 5) is 2.18. The van der Waals surface area contributed by atoms with E-state index in [1.165, 1.54) is 0 Å². The summed E-state index contributed by atoms with van der Waals surface area (Å²) in [6, 6.07) is 0.170. The average Bonchev–Trinajstić information content (AvgIpc) is 1.85. The van der Waals surface area contributed by atoms with Gasteiger partial charge in [0.2, 0.25) is 0 Å². The van der Waals surface area contributed by atoms with Crippen LogP contribution in [0.1, 0.15) is 13.3 Å². The molecule has 0 aromatic rings. The number of likely N-dealkylation sites (tertiary alicyclic amines) is 1. The van der Waals surface area contributed by atoms with Crippen molar-refractivity contribution < 1.29 is 5.11 Å². The zero-order chi connectivity index (χ0) is 7.56. The Bertz CT molecular complexity index is 97.8. The molecule has 3 heteroatoms. The molecule has 0 bridgehead atoms. The molecule has 0 saturated carbocycles. The fourth-order valence-corrected chi connectivity index (χ4v) is 1.46. The lowest BCUT2D eigenvalue weighted by atomic mass is 10.0. The number of β-amino-alcohol motifs (C(OH)–C–C–N with tert-alkyl or cyclic N) is 1. The maximum Gasteiger partial charge on any atom is 0.0682 e. The summed E-state index contributed by atoms with van der Waals surface area (Å²) < 4.78 is 0. The SMILES string of the molecule is CCN1C[C@H](N)C[C@@H](O)C1. The first-order valence-corrected chi connectivity index (χ1v) is 3.88. The van der Waals surface area contributed by atoms with Crippen molar-refractivity contribution in [3.8, 4) is 0 Å². The molecule has 0 aromatic heterocycles. The number of aliphatic hydroxyl groups is 1. The van der Waals surface area contributed by atoms with Crippen LogP contribution in [0.2, 0.25) is 0 Å². The van der Waals surface area contributed by atoms with Gasteiger partial charge in [-0.2, -0.15) is 0 Å². The van der Waals surface area contributed by atoms with Crippen molar-refractivity contribution in [1.29, 1.82) is 0 Å². The van der Waals surface area contributed by atoms with Crippen molar-refractivity contribution in [3.05, 3.63) is 0 Å². The minimum atomic E-state index is -0.205. The molecule has 60 valence electrons. The minimum Gasteiger partial charge on any atom is -0.392 e. The number of hydrogen-bond acceptors (Lipinski definition) is 3. The van der Waals surface area contributed by atoms with Crippen LogP contribution in [0, 0.1) is 0 Å². The van der Waals surface area contributed by atoms with E-state index < -0.39 is 0 Å². The van der Waals surface area contributed by atoms with Crippen LogP contribution in [0.25, 0.3) is 0 Å². The Balaban J connectivity index is 2.35. The number of aliphatic hydroxyl groups excluding tert-OH is 1. The molecular weight excluding hydrogens is 128 g/mol. The molecule has 0 aromatic carbocycles. The second kappa shape index (κ2) is 3.32. The zero-order valence-electron chi connectivity index (χ0n) is 6.45. The normalized spacial score (nSPS) is 36.3. The molecule has 1 fully saturated rings. The summed E-state index contributed by atoms with van der Waals surface area (Å²) in [5, 5.41) is 9.26. The molecule has 1 rings (SSSR count). The lowest BCUT2D eigenvalue weighted by Crippen LogP contribution is -2.48. The standard InChI is InChI=1S/C7H16N2O/c1-2-9-4-6(8)3-7(10)5-9/h6-7,10H,2-5,8H2,1H3/t6-,7-/m1/s1. The second-order valence-corrected chi connectivity index (χ2v) is 3.00. The fraction of sp³-hybridized carbons (Fsp3) is 1.00. The molecule has 1 aliphatic rings. The lowest BCUT2D eigenvalue weighted by Gasteiger charge is -2.32. The van der Waals surface area contributed by atoms with E-state index >= 15 is 0 Å². The summed E-state index contributed by atoms with van der Waals surface area (Å²) in [6.07, 6.45) is 0.556. The van der Waals surface area contributed by atoms with Crippen molar-refractivity contribution in [1.82, 2.24) is 4.90 Å². The van der Waals surface area contributed by atoms with Gasteiger partial charge in [0, 0.05) is 19.1 Å². The van der Waals surface area contributed by atoms with Crippen LogP contribution >= 0.6 is 0 Å². The van der Waals surface area contributed by atoms with Crippen LogP contribution < -0.4 is 5.73 Å². The van der Waals surface area contributed by atoms with E-state index in [1.54, 1.807) is 0 Å². The van der Waals surface area contributed by atoms with E-state index in [0.717, 1.165) is 26.1 Å². The van der Waals surface area contributed by atoms with Crippen LogP contribution in [0.3, 0.4) is 0 Å². The highest BCUT2D eigenvalue weighted by atomic mass is 16.3. The largest absolute Gasteiger partial charge is 0.392 e. The lowest BCUT2D eigenvalue weighted by molar-refractivity contribution is 0.0633. The van der Waals surface area contributed by atoms with Crippen LogP contribution in [-0.2, 0) is 0 Å². The number of likely N-dealkylation sites (N-methyl/N-ethyl adjacent to an activating group) is 1. The Morgan fingerprint density at radius 2 is 2.30 bits per heavy atom. The van der Waals surface area contributed by atoms with Gasteiger partial charge in [-0.05, 0) is 13.0 Å². The Morgan fingerprint density at radius 1 is 1.60 bits per heavy atom. The van der Waals surface area contributed by atoms with Gasteiger partial charge >= 0.3 is 0 Å². The Kier molecular flexibility index (Phi) is 2.65. The predicted molar refractivity (Wildman–Crippen MR) is 40.7 cm³/mol. The Hall–Kier alpha value is -0.120. The van der Waals surface area contributed by atoms with Crippen molar-refractivity contribution in [3.63, 3.8) is 0 Å². The van der Waals surface area contributed by atoms with E-state index in [2.05, 4.69) is 11.8 Å². The number of hydrogen-bond donors (Lipinski definition) is 2. The molecule has 0 aliphatic carbocycles. The molecule has 0 radical (unpaired) electrons. The van der Waals surface area contributed by atoms with E-state index in [-0.39, 0.29) is 12.1 Å². The number of nitrogens with two attached hydrogens (primary N) is 1. The maximum atomic E-state index is 9.26. The van der Waals surface area contributed by atoms with Gasteiger partial charge in [0.15, 0.2) is 0 Å². The zero-order valence-corrected chi connectivity index (χ0v) is 6.45. The third kappa shape index (κ3) is 1.94. The van der Waals surface area contributed by atoms with Crippen LogP contribution in [-0.4, -0.2) is 41.8 Å². The molecule has 0 unspecified atom stereocenters. The summed E-state index contributed by atoms with van der Waals surface area (Å²) in [6.45, 7) is 4.81. The molecule has 2 atom stereocenters. The summed E-state index contributed by atoms with van der Waals surface area (Å²) >= 11 is 0. The fourth-order valence-electron chi connectivity index (χ4n) is 1.46.